The van der Waals surface area contributed by atoms with E-state index >= 15 is 0 Å². The van der Waals surface area contributed by atoms with Gasteiger partial charge >= 0.3 is 6.18 Å². The summed E-state index contributed by atoms with van der Waals surface area (Å²) in [6.45, 7) is 7.39. The van der Waals surface area contributed by atoms with Crippen LogP contribution in [0, 0.1) is 52.2 Å². The predicted molar refractivity (Wildman–Crippen MR) is 163 cm³/mol. The Morgan fingerprint density at radius 3 is 1.43 bits per heavy atom. The van der Waals surface area contributed by atoms with Crippen LogP contribution in [0.25, 0.3) is 0 Å². The molecule has 2 amide bonds. The van der Waals surface area contributed by atoms with Crippen molar-refractivity contribution in [1.82, 2.24) is 0 Å². The van der Waals surface area contributed by atoms with Gasteiger partial charge in [0.2, 0.25) is 11.8 Å². The quantitative estimate of drug-likeness (QED) is 0.275. The third kappa shape index (κ3) is 5.88. The first kappa shape index (κ1) is 34.7. The van der Waals surface area contributed by atoms with E-state index in [1.54, 1.807) is 26.0 Å². The summed E-state index contributed by atoms with van der Waals surface area (Å²) in [5, 5.41) is 5.38. The van der Waals surface area contributed by atoms with Gasteiger partial charge in [0.15, 0.2) is 35.0 Å². The van der Waals surface area contributed by atoms with Gasteiger partial charge in [-0.2, -0.15) is 13.2 Å². The average Bonchev–Trinajstić information content (AvgIpc) is 2.94. The minimum Gasteiger partial charge on any atom is -0.325 e. The number of hydrogen-bond acceptors (Lipinski definition) is 6. The first-order valence-electron chi connectivity index (χ1n) is 14.8. The number of nitrogens with one attached hydrogen (secondary N) is 2. The molecule has 250 valence electrons. The Morgan fingerprint density at radius 1 is 0.681 bits per heavy atom. The Hall–Kier alpha value is -3.64. The predicted octanol–water partition coefficient (Wildman–Crippen LogP) is 6.58. The second-order valence-electron chi connectivity index (χ2n) is 13.6. The Kier molecular flexibility index (Phi) is 8.71. The van der Waals surface area contributed by atoms with Crippen LogP contribution in [0.4, 0.5) is 28.9 Å². The Morgan fingerprint density at radius 2 is 1.06 bits per heavy atom. The second-order valence-corrected chi connectivity index (χ2v) is 14.4. The standard InChI is InChI=1S/C17H15F4NO3.C16H15Cl2NO3/c1-16(2)9-6-10(16)14(24)12(13(9)23)15(25)22-7-3-4-11(18)8(5-7)17(19,20)21;1-16(2)8-6-9(16)14(21)12(13(8)20)15(22)19-7-3-4-10(17)11(18)5-7/h3-5,9-10,12H,6H2,1-2H3,(H,22,25);3-5,8-9,12H,6H2,1-2H3,(H,19,22). The summed E-state index contributed by atoms with van der Waals surface area (Å²) in [6, 6.07) is 6.58. The van der Waals surface area contributed by atoms with E-state index in [4.69, 9.17) is 23.2 Å². The molecule has 0 aliphatic heterocycles. The first-order chi connectivity index (χ1) is 21.7. The van der Waals surface area contributed by atoms with Crippen molar-refractivity contribution in [1.29, 1.82) is 0 Å². The van der Waals surface area contributed by atoms with Gasteiger partial charge in [0.1, 0.15) is 5.82 Å². The molecule has 6 fully saturated rings. The van der Waals surface area contributed by atoms with Crippen molar-refractivity contribution >= 4 is 69.5 Å². The lowest BCUT2D eigenvalue weighted by Gasteiger charge is -2.55. The van der Waals surface area contributed by atoms with Crippen molar-refractivity contribution in [3.63, 3.8) is 0 Å². The number of hydrogen-bond donors (Lipinski definition) is 2. The lowest BCUT2D eigenvalue weighted by Crippen LogP contribution is -2.63. The highest BCUT2D eigenvalue weighted by atomic mass is 35.5. The van der Waals surface area contributed by atoms with Crippen molar-refractivity contribution in [2.24, 2.45) is 46.3 Å². The summed E-state index contributed by atoms with van der Waals surface area (Å²) < 4.78 is 51.5. The van der Waals surface area contributed by atoms with Crippen molar-refractivity contribution in [3.8, 4) is 0 Å². The zero-order chi connectivity index (χ0) is 35.0. The van der Waals surface area contributed by atoms with E-state index in [-0.39, 0.29) is 34.5 Å². The summed E-state index contributed by atoms with van der Waals surface area (Å²) in [4.78, 5) is 74.2. The summed E-state index contributed by atoms with van der Waals surface area (Å²) in [7, 11) is 0. The highest BCUT2D eigenvalue weighted by Gasteiger charge is 2.65. The number of rotatable bonds is 4. The number of ketones is 4. The normalized spacial score (nSPS) is 28.3. The Labute approximate surface area is 276 Å². The van der Waals surface area contributed by atoms with E-state index < -0.39 is 70.0 Å². The molecule has 6 aliphatic rings. The Balaban J connectivity index is 0.000000186. The monoisotopic (exact) mass is 696 g/mol. The van der Waals surface area contributed by atoms with Gasteiger partial charge in [-0.15, -0.1) is 0 Å². The molecule has 6 saturated carbocycles. The smallest absolute Gasteiger partial charge is 0.325 e. The molecule has 2 N–H and O–H groups in total. The van der Waals surface area contributed by atoms with E-state index in [2.05, 4.69) is 10.6 Å². The molecule has 4 atom stereocenters. The van der Waals surface area contributed by atoms with E-state index in [1.165, 1.54) is 6.07 Å². The zero-order valence-electron chi connectivity index (χ0n) is 25.6. The van der Waals surface area contributed by atoms with E-state index in [1.807, 2.05) is 13.8 Å². The van der Waals surface area contributed by atoms with Crippen molar-refractivity contribution in [3.05, 3.63) is 57.8 Å². The molecule has 4 unspecified atom stereocenters. The second kappa shape index (κ2) is 11.8. The molecule has 6 aliphatic carbocycles. The van der Waals surface area contributed by atoms with Gasteiger partial charge in [-0.1, -0.05) is 50.9 Å². The molecule has 0 spiro atoms. The number of Topliss-reactive ketones (excluding diaryl/α,β-unsaturated/α-hetero) is 4. The van der Waals surface area contributed by atoms with Crippen molar-refractivity contribution in [2.45, 2.75) is 46.7 Å². The van der Waals surface area contributed by atoms with Crippen LogP contribution in [0.2, 0.25) is 10.0 Å². The SMILES string of the molecule is CC1(C)C2CC1C(=O)C(C(=O)Nc1ccc(Cl)c(Cl)c1)C2=O.CC1(C)C2CC1C(=O)C(C(=O)Nc1ccc(F)c(C(F)(F)F)c1)C2=O. The molecule has 8 nitrogen and oxygen atoms in total. The third-order valence-electron chi connectivity index (χ3n) is 10.3. The van der Waals surface area contributed by atoms with Gasteiger partial charge < -0.3 is 10.6 Å². The lowest BCUT2D eigenvalue weighted by molar-refractivity contribution is -0.171. The molecule has 0 heterocycles. The largest absolute Gasteiger partial charge is 0.419 e. The molecule has 14 heteroatoms. The fourth-order valence-electron chi connectivity index (χ4n) is 7.21. The van der Waals surface area contributed by atoms with E-state index in [9.17, 15) is 46.3 Å². The fraction of sp³-hybridized carbons (Fsp3) is 0.455. The number of amides is 2. The van der Waals surface area contributed by atoms with Crippen molar-refractivity contribution in [2.75, 3.05) is 10.6 Å². The van der Waals surface area contributed by atoms with Crippen LogP contribution in [0.15, 0.2) is 36.4 Å². The van der Waals surface area contributed by atoms with Gasteiger partial charge in [0.05, 0.1) is 15.6 Å². The minimum atomic E-state index is -4.92. The number of fused-ring (bicyclic) bond motifs is 4. The lowest BCUT2D eigenvalue weighted by atomic mass is 9.45. The molecule has 0 aromatic heterocycles. The highest BCUT2D eigenvalue weighted by Crippen LogP contribution is 2.58. The van der Waals surface area contributed by atoms with Gasteiger partial charge in [-0.3, -0.25) is 28.8 Å². The summed E-state index contributed by atoms with van der Waals surface area (Å²) >= 11 is 11.7. The number of halogens is 6. The molecule has 47 heavy (non-hydrogen) atoms. The number of alkyl halides is 3. The van der Waals surface area contributed by atoms with E-state index in [0.717, 1.165) is 6.07 Å². The molecule has 2 aromatic rings. The maximum Gasteiger partial charge on any atom is 0.419 e. The summed E-state index contributed by atoms with van der Waals surface area (Å²) in [6.07, 6.45) is -3.95. The molecular weight excluding hydrogens is 667 g/mol. The summed E-state index contributed by atoms with van der Waals surface area (Å²) in [5.74, 6) is -8.54. The van der Waals surface area contributed by atoms with Gasteiger partial charge in [-0.25, -0.2) is 4.39 Å². The third-order valence-corrected chi connectivity index (χ3v) is 11.0. The molecule has 0 saturated heterocycles. The number of anilines is 2. The van der Waals surface area contributed by atoms with Crippen LogP contribution >= 0.6 is 23.2 Å². The maximum atomic E-state index is 13.3. The Bertz CT molecular complexity index is 1690. The fourth-order valence-corrected chi connectivity index (χ4v) is 7.51. The van der Waals surface area contributed by atoms with Gasteiger partial charge in [0.25, 0.3) is 0 Å². The van der Waals surface area contributed by atoms with Crippen LogP contribution in [0.5, 0.6) is 0 Å². The summed E-state index contributed by atoms with van der Waals surface area (Å²) in [5.41, 5.74) is -2.26. The molecule has 8 rings (SSSR count). The van der Waals surface area contributed by atoms with Crippen LogP contribution in [0.3, 0.4) is 0 Å². The van der Waals surface area contributed by atoms with Crippen molar-refractivity contribution < 1.29 is 46.3 Å². The minimum absolute atomic E-state index is 0.209. The van der Waals surface area contributed by atoms with E-state index in [0.29, 0.717) is 40.7 Å². The first-order valence-corrected chi connectivity index (χ1v) is 15.5. The maximum absolute atomic E-state index is 13.3. The van der Waals surface area contributed by atoms with Crippen LogP contribution in [-0.4, -0.2) is 34.9 Å². The van der Waals surface area contributed by atoms with Gasteiger partial charge in [-0.05, 0) is 60.1 Å². The number of benzene rings is 2. The average molecular weight is 698 g/mol. The van der Waals surface area contributed by atoms with Gasteiger partial charge in [0, 0.05) is 35.0 Å². The number of carbonyl (C=O) groups excluding carboxylic acids is 6. The van der Waals surface area contributed by atoms with Crippen LogP contribution in [0.1, 0.15) is 46.1 Å². The molecular formula is C33H30Cl2F4N2O6. The van der Waals surface area contributed by atoms with Crippen LogP contribution < -0.4 is 10.6 Å². The number of carbonyl (C=O) groups is 6. The molecule has 2 aromatic carbocycles. The molecule has 0 radical (unpaired) electrons. The topological polar surface area (TPSA) is 126 Å². The van der Waals surface area contributed by atoms with Crippen LogP contribution in [-0.2, 0) is 34.9 Å². The molecule has 4 bridgehead atoms. The highest BCUT2D eigenvalue weighted by molar-refractivity contribution is 6.42. The zero-order valence-corrected chi connectivity index (χ0v) is 27.1.